The lowest BCUT2D eigenvalue weighted by atomic mass is 9.96. The molecular formula is C50H28N4. The zero-order valence-corrected chi connectivity index (χ0v) is 29.0. The van der Waals surface area contributed by atoms with Gasteiger partial charge < -0.3 is 9.13 Å². The number of hydrogen-bond donors (Lipinski definition) is 0. The van der Waals surface area contributed by atoms with E-state index in [1.807, 2.05) is 18.2 Å². The Labute approximate surface area is 310 Å². The molecule has 9 aromatic carbocycles. The van der Waals surface area contributed by atoms with E-state index in [0.29, 0.717) is 22.6 Å². The maximum atomic E-state index is 10.9. The Bertz CT molecular complexity index is 3470. The summed E-state index contributed by atoms with van der Waals surface area (Å²) in [4.78, 5) is 4.15. The van der Waals surface area contributed by atoms with Crippen LogP contribution >= 0.6 is 0 Å². The summed E-state index contributed by atoms with van der Waals surface area (Å²) in [7, 11) is 0. The molecule has 0 radical (unpaired) electrons. The quantitative estimate of drug-likeness (QED) is 0.171. The fourth-order valence-electron chi connectivity index (χ4n) is 8.80. The summed E-state index contributed by atoms with van der Waals surface area (Å²) in [6.45, 7) is 8.53. The lowest BCUT2D eigenvalue weighted by molar-refractivity contribution is 1.14. The number of nitrogens with zero attached hydrogens (tertiary/aromatic N) is 4. The lowest BCUT2D eigenvalue weighted by Gasteiger charge is -2.16. The molecular weight excluding hydrogens is 657 g/mol. The van der Waals surface area contributed by atoms with Gasteiger partial charge in [-0.15, -0.1) is 0 Å². The second-order valence-corrected chi connectivity index (χ2v) is 13.9. The van der Waals surface area contributed by atoms with Crippen LogP contribution in [-0.2, 0) is 0 Å². The van der Waals surface area contributed by atoms with Crippen LogP contribution in [0.25, 0.3) is 103 Å². The number of para-hydroxylation sites is 1. The molecule has 0 aliphatic heterocycles. The smallest absolute Gasteiger partial charge is 0.212 e. The van der Waals surface area contributed by atoms with Crippen LogP contribution in [0.4, 0.5) is 5.69 Å². The van der Waals surface area contributed by atoms with E-state index in [1.165, 1.54) is 16.3 Å². The van der Waals surface area contributed by atoms with Crippen LogP contribution < -0.4 is 0 Å². The van der Waals surface area contributed by atoms with E-state index in [-0.39, 0.29) is 0 Å². The largest absolute Gasteiger partial charge is 0.319 e. The zero-order chi connectivity index (χ0) is 35.9. The number of aromatic nitrogens is 2. The molecule has 0 spiro atoms. The first-order valence-corrected chi connectivity index (χ1v) is 18.0. The molecule has 0 aliphatic carbocycles. The van der Waals surface area contributed by atoms with Crippen LogP contribution in [0, 0.1) is 17.9 Å². The van der Waals surface area contributed by atoms with Gasteiger partial charge in [0.25, 0.3) is 0 Å². The van der Waals surface area contributed by atoms with Crippen molar-refractivity contribution in [2.75, 3.05) is 0 Å². The molecule has 0 unspecified atom stereocenters. The minimum Gasteiger partial charge on any atom is -0.319 e. The SMILES string of the molecule is [C-]#[N+]c1cc(-n2c3ccc(-c4cccc5ccccc45)cc3c3c4ccccc4ccc32)c(C#N)cc1-n1c2ccccc2c2c3ccccc3ccc21. The third-order valence-corrected chi connectivity index (χ3v) is 11.1. The number of fused-ring (bicyclic) bond motifs is 11. The van der Waals surface area contributed by atoms with Gasteiger partial charge in [-0.2, -0.15) is 5.26 Å². The van der Waals surface area contributed by atoms with Gasteiger partial charge in [0.15, 0.2) is 0 Å². The first kappa shape index (κ1) is 30.0. The number of rotatable bonds is 3. The Morgan fingerprint density at radius 2 is 0.981 bits per heavy atom. The second kappa shape index (κ2) is 11.4. The van der Waals surface area contributed by atoms with Gasteiger partial charge in [-0.1, -0.05) is 127 Å². The molecule has 0 aliphatic rings. The molecule has 0 saturated heterocycles. The third kappa shape index (κ3) is 4.17. The molecule has 0 saturated carbocycles. The highest BCUT2D eigenvalue weighted by Gasteiger charge is 2.22. The summed E-state index contributed by atoms with van der Waals surface area (Å²) in [5.74, 6) is 0. The summed E-state index contributed by atoms with van der Waals surface area (Å²) >= 11 is 0. The van der Waals surface area contributed by atoms with Crippen molar-refractivity contribution in [3.63, 3.8) is 0 Å². The number of benzene rings is 9. The van der Waals surface area contributed by atoms with Gasteiger partial charge in [0.2, 0.25) is 5.69 Å². The van der Waals surface area contributed by atoms with Crippen molar-refractivity contribution in [2.24, 2.45) is 0 Å². The van der Waals surface area contributed by atoms with E-state index in [0.717, 1.165) is 70.7 Å². The first-order valence-electron chi connectivity index (χ1n) is 18.0. The molecule has 11 aromatic rings. The fraction of sp³-hybridized carbons (Fsp3) is 0. The summed E-state index contributed by atoms with van der Waals surface area (Å²) in [5.41, 5.74) is 8.61. The van der Waals surface area contributed by atoms with Crippen molar-refractivity contribution in [3.8, 4) is 28.6 Å². The minimum atomic E-state index is 0.475. The molecule has 0 fully saturated rings. The van der Waals surface area contributed by atoms with E-state index < -0.39 is 0 Å². The van der Waals surface area contributed by atoms with Crippen molar-refractivity contribution < 1.29 is 0 Å². The molecule has 2 heterocycles. The van der Waals surface area contributed by atoms with Crippen LogP contribution in [-0.4, -0.2) is 9.13 Å². The van der Waals surface area contributed by atoms with Crippen LogP contribution in [0.2, 0.25) is 0 Å². The van der Waals surface area contributed by atoms with Crippen LogP contribution in [0.1, 0.15) is 5.56 Å². The summed E-state index contributed by atoms with van der Waals surface area (Å²) in [5, 5.41) is 22.4. The normalized spacial score (nSPS) is 11.7. The van der Waals surface area contributed by atoms with Crippen LogP contribution in [0.5, 0.6) is 0 Å². The molecule has 248 valence electrons. The predicted molar refractivity (Wildman–Crippen MR) is 224 cm³/mol. The average Bonchev–Trinajstić information content (AvgIpc) is 3.76. The Kier molecular flexibility index (Phi) is 6.35. The highest BCUT2D eigenvalue weighted by atomic mass is 15.0. The monoisotopic (exact) mass is 684 g/mol. The van der Waals surface area contributed by atoms with Crippen LogP contribution in [0.3, 0.4) is 0 Å². The molecule has 0 amide bonds. The highest BCUT2D eigenvalue weighted by molar-refractivity contribution is 6.23. The van der Waals surface area contributed by atoms with Crippen molar-refractivity contribution in [1.82, 2.24) is 9.13 Å². The Morgan fingerprint density at radius 1 is 0.444 bits per heavy atom. The van der Waals surface area contributed by atoms with Crippen molar-refractivity contribution in [1.29, 1.82) is 5.26 Å². The Balaban J connectivity index is 1.21. The van der Waals surface area contributed by atoms with Gasteiger partial charge in [-0.25, -0.2) is 4.85 Å². The highest BCUT2D eigenvalue weighted by Crippen LogP contribution is 2.44. The predicted octanol–water partition coefficient (Wildman–Crippen LogP) is 13.4. The maximum Gasteiger partial charge on any atom is 0.212 e. The Morgan fingerprint density at radius 3 is 1.67 bits per heavy atom. The molecule has 11 rings (SSSR count). The molecule has 0 N–H and O–H groups in total. The van der Waals surface area contributed by atoms with Gasteiger partial charge in [-0.05, 0) is 85.9 Å². The van der Waals surface area contributed by atoms with E-state index >= 15 is 0 Å². The van der Waals surface area contributed by atoms with Gasteiger partial charge in [-0.3, -0.25) is 0 Å². The molecule has 0 bridgehead atoms. The van der Waals surface area contributed by atoms with Crippen molar-refractivity contribution in [3.05, 3.63) is 187 Å². The number of hydrogen-bond acceptors (Lipinski definition) is 1. The lowest BCUT2D eigenvalue weighted by Crippen LogP contribution is -2.01. The van der Waals surface area contributed by atoms with Crippen LogP contribution in [0.15, 0.2) is 170 Å². The van der Waals surface area contributed by atoms with E-state index in [9.17, 15) is 5.26 Å². The Hall–Kier alpha value is -7.66. The van der Waals surface area contributed by atoms with Gasteiger partial charge >= 0.3 is 0 Å². The molecule has 2 aromatic heterocycles. The first-order chi connectivity index (χ1) is 26.7. The second-order valence-electron chi connectivity index (χ2n) is 13.9. The van der Waals surface area contributed by atoms with Gasteiger partial charge in [0.05, 0.1) is 45.6 Å². The van der Waals surface area contributed by atoms with Gasteiger partial charge in [0.1, 0.15) is 6.07 Å². The summed E-state index contributed by atoms with van der Waals surface area (Å²) in [6, 6.07) is 61.8. The van der Waals surface area contributed by atoms with Gasteiger partial charge in [0, 0.05) is 21.5 Å². The topological polar surface area (TPSA) is 38.0 Å². The number of nitriles is 1. The van der Waals surface area contributed by atoms with Crippen molar-refractivity contribution >= 4 is 81.6 Å². The zero-order valence-electron chi connectivity index (χ0n) is 29.0. The summed E-state index contributed by atoms with van der Waals surface area (Å²) in [6.07, 6.45) is 0. The van der Waals surface area contributed by atoms with E-state index in [4.69, 9.17) is 6.57 Å². The molecule has 0 atom stereocenters. The van der Waals surface area contributed by atoms with E-state index in [2.05, 4.69) is 172 Å². The van der Waals surface area contributed by atoms with Crippen molar-refractivity contribution in [2.45, 2.75) is 0 Å². The average molecular weight is 685 g/mol. The standard InChI is InChI=1S/C50H28N4/c1-52-42-29-47(35(30-51)28-48(42)54-43-20-9-8-18-40(43)49-38-16-6-3-12-32(38)21-25-45(49)54)53-44-24-23-34(37-19-10-14-31-11-2-5-15-36(31)37)27-41(44)50-39-17-7-4-13-33(39)22-26-46(50)53/h2-29H. The molecule has 4 heteroatoms. The molecule has 4 nitrogen and oxygen atoms in total. The fourth-order valence-corrected chi connectivity index (χ4v) is 8.80. The molecule has 54 heavy (non-hydrogen) atoms. The third-order valence-electron chi connectivity index (χ3n) is 11.1. The maximum absolute atomic E-state index is 10.9. The minimum absolute atomic E-state index is 0.475. The van der Waals surface area contributed by atoms with E-state index in [1.54, 1.807) is 0 Å². The summed E-state index contributed by atoms with van der Waals surface area (Å²) < 4.78 is 4.34.